The molecule has 0 N–H and O–H groups in total. The molecule has 0 unspecified atom stereocenters. The molecule has 1 heteroatoms. The van der Waals surface area contributed by atoms with Gasteiger partial charge in [-0.25, -0.2) is 0 Å². The van der Waals surface area contributed by atoms with Crippen molar-refractivity contribution in [3.8, 4) is 0 Å². The van der Waals surface area contributed by atoms with Crippen LogP contribution in [0.5, 0.6) is 0 Å². The fourth-order valence-corrected chi connectivity index (χ4v) is 0. The Labute approximate surface area is 44.8 Å². The Bertz CT molecular complexity index is 24.6. The zero-order valence-corrected chi connectivity index (χ0v) is 3.57. The van der Waals surface area contributed by atoms with E-state index in [-0.39, 0.29) is 18.9 Å². The third-order valence-corrected chi connectivity index (χ3v) is 0.167. The zero-order chi connectivity index (χ0) is 3.41. The molecule has 0 aromatic rings. The second-order valence-electron chi connectivity index (χ2n) is 0.471. The molecule has 23 valence electrons. The average Bonchev–Trinajstić information content (AvgIpc) is 1.37. The van der Waals surface area contributed by atoms with Crippen molar-refractivity contribution < 1.29 is 0 Å². The van der Waals surface area contributed by atoms with E-state index in [1.54, 1.807) is 12.2 Å². The van der Waals surface area contributed by atoms with Crippen LogP contribution in [0.3, 0.4) is 0 Å². The van der Waals surface area contributed by atoms with Crippen LogP contribution in [0.4, 0.5) is 0 Å². The number of allylic oxidation sites excluding steroid dienone is 2. The maximum atomic E-state index is 3.36. The Balaban J connectivity index is 0. The van der Waals surface area contributed by atoms with Crippen LogP contribution in [-0.4, -0.2) is 18.9 Å². The summed E-state index contributed by atoms with van der Waals surface area (Å²) in [7, 11) is 0. The minimum atomic E-state index is 0. The van der Waals surface area contributed by atoms with Gasteiger partial charge in [-0.2, -0.15) is 0 Å². The Hall–Kier alpha value is 0.0774. The van der Waals surface area contributed by atoms with Crippen molar-refractivity contribution in [1.29, 1.82) is 0 Å². The van der Waals surface area contributed by atoms with Crippen molar-refractivity contribution in [2.24, 2.45) is 0 Å². The van der Waals surface area contributed by atoms with Crippen LogP contribution in [0.15, 0.2) is 25.3 Å². The minimum absolute atomic E-state index is 0. The van der Waals surface area contributed by atoms with Gasteiger partial charge in [-0.05, 0) is 0 Å². The summed E-state index contributed by atoms with van der Waals surface area (Å²) < 4.78 is 0. The van der Waals surface area contributed by atoms with E-state index in [0.29, 0.717) is 0 Å². The monoisotopic (exact) mass is 61.1 g/mol. The van der Waals surface area contributed by atoms with Crippen molar-refractivity contribution in [3.63, 3.8) is 0 Å². The topological polar surface area (TPSA) is 0 Å². The van der Waals surface area contributed by atoms with Crippen LogP contribution in [0.2, 0.25) is 0 Å². The summed E-state index contributed by atoms with van der Waals surface area (Å²) in [6.07, 6.45) is 3.28. The summed E-state index contributed by atoms with van der Waals surface area (Å²) in [4.78, 5) is 0. The standard InChI is InChI=1S/C4H6.Li/c1-3-4-2;/h3-4H,1-2H2;. The first-order valence-electron chi connectivity index (χ1n) is 1.15. The maximum Gasteiger partial charge on any atom is 0 e. The van der Waals surface area contributed by atoms with Crippen molar-refractivity contribution in [1.82, 2.24) is 0 Å². The van der Waals surface area contributed by atoms with Gasteiger partial charge in [0, 0.05) is 18.9 Å². The van der Waals surface area contributed by atoms with Gasteiger partial charge >= 0.3 is 0 Å². The Morgan fingerprint density at radius 3 is 1.20 bits per heavy atom. The molecule has 0 rings (SSSR count). The van der Waals surface area contributed by atoms with Crippen molar-refractivity contribution >= 4 is 18.9 Å². The summed E-state index contributed by atoms with van der Waals surface area (Å²) in [5.41, 5.74) is 0. The third-order valence-electron chi connectivity index (χ3n) is 0.167. The number of rotatable bonds is 1. The fraction of sp³-hybridized carbons (Fsp3) is 0. The first-order chi connectivity index (χ1) is 1.91. The molecule has 0 amide bonds. The van der Waals surface area contributed by atoms with Gasteiger partial charge in [-0.3, -0.25) is 0 Å². The quantitative estimate of drug-likeness (QED) is 0.313. The van der Waals surface area contributed by atoms with E-state index in [1.165, 1.54) is 0 Å². The van der Waals surface area contributed by atoms with E-state index in [2.05, 4.69) is 13.2 Å². The van der Waals surface area contributed by atoms with E-state index < -0.39 is 0 Å². The number of hydrogen-bond donors (Lipinski definition) is 0. The zero-order valence-electron chi connectivity index (χ0n) is 3.57. The van der Waals surface area contributed by atoms with Crippen LogP contribution in [0, 0.1) is 0 Å². The van der Waals surface area contributed by atoms with E-state index in [9.17, 15) is 0 Å². The number of hydrogen-bond acceptors (Lipinski definition) is 0. The SMILES string of the molecule is C=CC=C.[Li]. The Kier molecular flexibility index (Phi) is 16.0. The minimum Gasteiger partial charge on any atom is -0.0991 e. The predicted octanol–water partition coefficient (Wildman–Crippen LogP) is 0.978. The van der Waals surface area contributed by atoms with E-state index in [4.69, 9.17) is 0 Å². The largest absolute Gasteiger partial charge is 0.0991 e. The average molecular weight is 61.0 g/mol. The maximum absolute atomic E-state index is 3.36. The molecule has 0 saturated carbocycles. The van der Waals surface area contributed by atoms with Gasteiger partial charge in [-0.1, -0.05) is 25.3 Å². The molecule has 0 spiro atoms. The molecular weight excluding hydrogens is 55.0 g/mol. The molecule has 0 atom stereocenters. The molecule has 0 aromatic heterocycles. The van der Waals surface area contributed by atoms with E-state index in [1.807, 2.05) is 0 Å². The summed E-state index contributed by atoms with van der Waals surface area (Å²) in [5.74, 6) is 0. The van der Waals surface area contributed by atoms with Crippen LogP contribution in [0.1, 0.15) is 0 Å². The molecule has 0 bridgehead atoms. The van der Waals surface area contributed by atoms with Gasteiger partial charge in [-0.15, -0.1) is 0 Å². The molecule has 0 aliphatic rings. The summed E-state index contributed by atoms with van der Waals surface area (Å²) >= 11 is 0. The van der Waals surface area contributed by atoms with Gasteiger partial charge in [0.1, 0.15) is 0 Å². The molecular formula is C4H6Li. The van der Waals surface area contributed by atoms with Gasteiger partial charge in [0.2, 0.25) is 0 Å². The van der Waals surface area contributed by atoms with E-state index in [0.717, 1.165) is 0 Å². The van der Waals surface area contributed by atoms with Crippen LogP contribution < -0.4 is 0 Å². The summed E-state index contributed by atoms with van der Waals surface area (Å²) in [6, 6.07) is 0. The smallest absolute Gasteiger partial charge is 0 e. The van der Waals surface area contributed by atoms with Crippen molar-refractivity contribution in [3.05, 3.63) is 25.3 Å². The van der Waals surface area contributed by atoms with Crippen LogP contribution in [-0.2, 0) is 0 Å². The molecule has 0 saturated heterocycles. The van der Waals surface area contributed by atoms with Gasteiger partial charge < -0.3 is 0 Å². The Morgan fingerprint density at radius 2 is 1.20 bits per heavy atom. The molecule has 0 aliphatic carbocycles. The van der Waals surface area contributed by atoms with Gasteiger partial charge in [0.15, 0.2) is 0 Å². The normalized spacial score (nSPS) is 4.00. The predicted molar refractivity (Wildman–Crippen MR) is 26.1 cm³/mol. The molecule has 0 fully saturated rings. The van der Waals surface area contributed by atoms with E-state index >= 15 is 0 Å². The van der Waals surface area contributed by atoms with Gasteiger partial charge in [0.25, 0.3) is 0 Å². The summed E-state index contributed by atoms with van der Waals surface area (Å²) in [6.45, 7) is 6.72. The second kappa shape index (κ2) is 8.95. The molecule has 5 heavy (non-hydrogen) atoms. The van der Waals surface area contributed by atoms with Crippen molar-refractivity contribution in [2.45, 2.75) is 0 Å². The van der Waals surface area contributed by atoms with Crippen molar-refractivity contribution in [2.75, 3.05) is 0 Å². The first kappa shape index (κ1) is 8.91. The molecule has 0 nitrogen and oxygen atoms in total. The summed E-state index contributed by atoms with van der Waals surface area (Å²) in [5, 5.41) is 0. The van der Waals surface area contributed by atoms with Crippen LogP contribution >= 0.6 is 0 Å². The molecule has 0 aliphatic heterocycles. The molecule has 0 aromatic carbocycles. The first-order valence-corrected chi connectivity index (χ1v) is 1.15. The molecule has 1 radical (unpaired) electrons. The van der Waals surface area contributed by atoms with Gasteiger partial charge in [0.05, 0.1) is 0 Å². The molecule has 0 heterocycles. The Morgan fingerprint density at radius 1 is 1.00 bits per heavy atom. The van der Waals surface area contributed by atoms with Crippen LogP contribution in [0.25, 0.3) is 0 Å². The fourth-order valence-electron chi connectivity index (χ4n) is 0. The third kappa shape index (κ3) is 15.2. The second-order valence-corrected chi connectivity index (χ2v) is 0.471.